The van der Waals surface area contributed by atoms with Gasteiger partial charge in [0.2, 0.25) is 0 Å². The van der Waals surface area contributed by atoms with Crippen LogP contribution in [0.2, 0.25) is 0 Å². The Kier molecular flexibility index (Phi) is 12.6. The highest BCUT2D eigenvalue weighted by Gasteiger charge is 1.60. The van der Waals surface area contributed by atoms with Crippen molar-refractivity contribution in [3.63, 3.8) is 0 Å². The van der Waals surface area contributed by atoms with Gasteiger partial charge in [-0.25, -0.2) is 4.79 Å². The SMILES string of the molecule is NC(N)=O.[O-][Cl+]O. The minimum absolute atomic E-state index is 0.167. The van der Waals surface area contributed by atoms with E-state index >= 15 is 0 Å². The third kappa shape index (κ3) is 245. The van der Waals surface area contributed by atoms with Crippen LogP contribution in [0.3, 0.4) is 0 Å². The molecule has 0 saturated carbocycles. The van der Waals surface area contributed by atoms with E-state index in [1.165, 1.54) is 0 Å². The quantitative estimate of drug-likeness (QED) is 0.329. The molecule has 0 aromatic rings. The minimum atomic E-state index is -0.833. The first kappa shape index (κ1) is 9.70. The summed E-state index contributed by atoms with van der Waals surface area (Å²) >= 11 is -0.167. The fourth-order valence-electron chi connectivity index (χ4n) is 0. The maximum atomic E-state index is 9.00. The van der Waals surface area contributed by atoms with Crippen LogP contribution in [0.1, 0.15) is 0 Å². The summed E-state index contributed by atoms with van der Waals surface area (Å²) in [7, 11) is 0. The Morgan fingerprint density at radius 3 is 1.71 bits per heavy atom. The molecule has 7 heavy (non-hydrogen) atoms. The first-order valence-corrected chi connectivity index (χ1v) is 1.75. The average molecular weight is 129 g/mol. The fourth-order valence-corrected chi connectivity index (χ4v) is 0. The molecule has 5 N–H and O–H groups in total. The smallest absolute Gasteiger partial charge is 0.327 e. The number of hydrogen-bond donors (Lipinski definition) is 3. The standard InChI is InChI=1S/CH4N2O.ClHO2/c2-1(3)4;2-1-3/h(H4,2,3,4);2H. The zero-order valence-corrected chi connectivity index (χ0v) is 4.05. The van der Waals surface area contributed by atoms with Crippen LogP contribution in [0.15, 0.2) is 0 Å². The van der Waals surface area contributed by atoms with Crippen LogP contribution < -0.4 is 16.1 Å². The molecule has 0 fully saturated rings. The minimum Gasteiger partial charge on any atom is -0.506 e. The van der Waals surface area contributed by atoms with Gasteiger partial charge in [0.1, 0.15) is 0 Å². The van der Waals surface area contributed by atoms with Gasteiger partial charge in [-0.1, -0.05) is 0 Å². The zero-order chi connectivity index (χ0) is 6.28. The van der Waals surface area contributed by atoms with Crippen LogP contribution in [0.4, 0.5) is 4.79 Å². The van der Waals surface area contributed by atoms with E-state index in [0.29, 0.717) is 0 Å². The maximum Gasteiger partial charge on any atom is 0.327 e. The van der Waals surface area contributed by atoms with Crippen molar-refractivity contribution in [1.82, 2.24) is 0 Å². The Bertz CT molecular complexity index is 44.2. The number of halogens is 1. The third-order valence-corrected chi connectivity index (χ3v) is 0. The second-order valence-corrected chi connectivity index (χ2v) is 0.609. The molecular formula is CH5ClN2O3. The van der Waals surface area contributed by atoms with Gasteiger partial charge in [0.15, 0.2) is 0 Å². The number of rotatable bonds is 0. The van der Waals surface area contributed by atoms with Crippen LogP contribution in [-0.4, -0.2) is 10.7 Å². The summed E-state index contributed by atoms with van der Waals surface area (Å²) in [5, 5.41) is 0. The van der Waals surface area contributed by atoms with Crippen LogP contribution >= 0.6 is 0 Å². The monoisotopic (exact) mass is 128 g/mol. The van der Waals surface area contributed by atoms with Gasteiger partial charge in [-0.2, -0.15) is 0 Å². The summed E-state index contributed by atoms with van der Waals surface area (Å²) in [6.45, 7) is 0. The van der Waals surface area contributed by atoms with Crippen molar-refractivity contribution in [1.29, 1.82) is 0 Å². The topological polar surface area (TPSA) is 112 Å². The van der Waals surface area contributed by atoms with Gasteiger partial charge >= 0.3 is 17.4 Å². The highest BCUT2D eigenvalue weighted by molar-refractivity contribution is 5.69. The number of primary amides is 2. The Labute approximate surface area is 44.0 Å². The van der Waals surface area contributed by atoms with E-state index in [0.717, 1.165) is 0 Å². The summed E-state index contributed by atoms with van der Waals surface area (Å²) in [6, 6.07) is -0.833. The van der Waals surface area contributed by atoms with E-state index in [1.807, 2.05) is 0 Å². The molecule has 0 aromatic heterocycles. The average Bonchev–Trinajstić information content (AvgIpc) is 1.33. The Morgan fingerprint density at radius 2 is 1.71 bits per heavy atom. The summed E-state index contributed by atoms with van der Waals surface area (Å²) in [4.78, 5) is 9.00. The molecule has 0 radical (unpaired) electrons. The molecule has 0 aromatic carbocycles. The van der Waals surface area contributed by atoms with E-state index in [2.05, 4.69) is 11.5 Å². The molecule has 5 nitrogen and oxygen atoms in total. The first-order valence-electron chi connectivity index (χ1n) is 1.10. The van der Waals surface area contributed by atoms with Gasteiger partial charge in [-0.05, 0) is 0 Å². The second kappa shape index (κ2) is 9.08. The van der Waals surface area contributed by atoms with Gasteiger partial charge in [0.05, 0.1) is 0 Å². The predicted molar refractivity (Wildman–Crippen MR) is 16.0 cm³/mol. The van der Waals surface area contributed by atoms with Crippen molar-refractivity contribution in [2.24, 2.45) is 11.5 Å². The normalized spacial score (nSPS) is 6.00. The van der Waals surface area contributed by atoms with Crippen LogP contribution in [0.5, 0.6) is 0 Å². The van der Waals surface area contributed by atoms with Crippen molar-refractivity contribution in [3.05, 3.63) is 0 Å². The molecule has 0 unspecified atom stereocenters. The van der Waals surface area contributed by atoms with Crippen molar-refractivity contribution in [3.8, 4) is 0 Å². The number of carbonyl (C=O) groups excluding carboxylic acids is 1. The van der Waals surface area contributed by atoms with Crippen molar-refractivity contribution in [2.75, 3.05) is 0 Å². The number of carbonyl (C=O) groups is 1. The Morgan fingerprint density at radius 1 is 1.71 bits per heavy atom. The molecule has 6 heteroatoms. The van der Waals surface area contributed by atoms with Gasteiger partial charge < -0.3 is 16.1 Å². The van der Waals surface area contributed by atoms with E-state index in [4.69, 9.17) is 14.1 Å². The largest absolute Gasteiger partial charge is 0.506 e. The molecule has 0 heterocycles. The van der Waals surface area contributed by atoms with Gasteiger partial charge in [-0.3, -0.25) is 0 Å². The summed E-state index contributed by atoms with van der Waals surface area (Å²) in [6.07, 6.45) is 0. The molecule has 0 saturated heterocycles. The molecule has 0 aliphatic heterocycles. The molecule has 0 spiro atoms. The number of nitrogens with two attached hydrogens (primary N) is 2. The van der Waals surface area contributed by atoms with E-state index in [-0.39, 0.29) is 11.3 Å². The molecular weight excluding hydrogens is 123 g/mol. The van der Waals surface area contributed by atoms with Crippen LogP contribution in [0, 0.1) is 11.3 Å². The lowest BCUT2D eigenvalue weighted by molar-refractivity contribution is -1.27. The first-order chi connectivity index (χ1) is 3.15. The van der Waals surface area contributed by atoms with E-state index in [1.54, 1.807) is 0 Å². The molecule has 0 aliphatic rings. The number of urea groups is 1. The highest BCUT2D eigenvalue weighted by Crippen LogP contribution is 1.25. The summed E-state index contributed by atoms with van der Waals surface area (Å²) in [5.74, 6) is 0. The fraction of sp³-hybridized carbons (Fsp3) is 0. The van der Waals surface area contributed by atoms with Crippen molar-refractivity contribution in [2.45, 2.75) is 0 Å². The van der Waals surface area contributed by atoms with Crippen molar-refractivity contribution >= 4 is 6.03 Å². The van der Waals surface area contributed by atoms with Crippen molar-refractivity contribution < 1.29 is 25.4 Å². The summed E-state index contributed by atoms with van der Waals surface area (Å²) < 4.78 is 15.2. The predicted octanol–water partition coefficient (Wildman–Crippen LogP) is -2.72. The molecule has 0 bridgehead atoms. The Balaban J connectivity index is 0. The summed E-state index contributed by atoms with van der Waals surface area (Å²) in [5.41, 5.74) is 8.50. The molecule has 2 amide bonds. The third-order valence-electron chi connectivity index (χ3n) is 0. The van der Waals surface area contributed by atoms with Gasteiger partial charge in [0, 0.05) is 0 Å². The lowest BCUT2D eigenvalue weighted by atomic mass is 11.2. The second-order valence-electron chi connectivity index (χ2n) is 0.471. The zero-order valence-electron chi connectivity index (χ0n) is 3.30. The highest BCUT2D eigenvalue weighted by atomic mass is 35.6. The van der Waals surface area contributed by atoms with Crippen LogP contribution in [0.25, 0.3) is 0 Å². The number of hydrogen-bond acceptors (Lipinski definition) is 3. The van der Waals surface area contributed by atoms with E-state index in [9.17, 15) is 0 Å². The molecule has 0 atom stereocenters. The van der Waals surface area contributed by atoms with E-state index < -0.39 is 6.03 Å². The molecule has 0 aliphatic carbocycles. The van der Waals surface area contributed by atoms with Gasteiger partial charge in [0.25, 0.3) is 0 Å². The lowest BCUT2D eigenvalue weighted by Gasteiger charge is -1.62. The Hall–Kier alpha value is -0.520. The van der Waals surface area contributed by atoms with Gasteiger partial charge in [-0.15, -0.1) is 4.66 Å². The van der Waals surface area contributed by atoms with Crippen LogP contribution in [-0.2, 0) is 0 Å². The maximum absolute atomic E-state index is 9.00. The molecule has 0 rings (SSSR count). The molecule has 44 valence electrons. The number of amides is 2. The lowest BCUT2D eigenvalue weighted by Crippen LogP contribution is -2.18.